The van der Waals surface area contributed by atoms with Crippen molar-refractivity contribution in [1.29, 1.82) is 0 Å². The molecule has 2 aliphatic rings. The summed E-state index contributed by atoms with van der Waals surface area (Å²) in [6.45, 7) is 0.954. The molecule has 18 heavy (non-hydrogen) atoms. The fraction of sp³-hybridized carbons (Fsp3) is 0.643. The molecule has 0 bridgehead atoms. The van der Waals surface area contributed by atoms with Crippen molar-refractivity contribution in [1.82, 2.24) is 4.90 Å². The molecular weight excluding hydrogens is 310 g/mol. The van der Waals surface area contributed by atoms with Crippen molar-refractivity contribution in [3.05, 3.63) is 20.8 Å². The maximum Gasteiger partial charge on any atom is 0.264 e. The lowest BCUT2D eigenvalue weighted by atomic mass is 9.78. The average molecular weight is 328 g/mol. The number of carbonyl (C=O) groups is 1. The first-order valence-electron chi connectivity index (χ1n) is 6.82. The molecular formula is C14H18BrNOS. The Morgan fingerprint density at radius 2 is 2.00 bits per heavy atom. The third-order valence-corrected chi connectivity index (χ3v) is 5.90. The summed E-state index contributed by atoms with van der Waals surface area (Å²) in [6, 6.07) is 4.44. The van der Waals surface area contributed by atoms with Crippen LogP contribution < -0.4 is 0 Å². The number of piperidine rings is 1. The molecule has 2 atom stereocenters. The van der Waals surface area contributed by atoms with Crippen LogP contribution in [0, 0.1) is 5.92 Å². The van der Waals surface area contributed by atoms with Crippen LogP contribution in [0.15, 0.2) is 15.9 Å². The first-order valence-corrected chi connectivity index (χ1v) is 8.43. The SMILES string of the molecule is O=C(c1ccc(Br)s1)N1CCCC2CCCCC21. The van der Waals surface area contributed by atoms with Crippen LogP contribution in [0.4, 0.5) is 0 Å². The Morgan fingerprint density at radius 3 is 2.78 bits per heavy atom. The number of likely N-dealkylation sites (tertiary alicyclic amines) is 1. The van der Waals surface area contributed by atoms with Crippen molar-refractivity contribution < 1.29 is 4.79 Å². The molecule has 0 spiro atoms. The van der Waals surface area contributed by atoms with Crippen molar-refractivity contribution in [3.63, 3.8) is 0 Å². The minimum atomic E-state index is 0.252. The van der Waals surface area contributed by atoms with Gasteiger partial charge in [-0.2, -0.15) is 0 Å². The number of hydrogen-bond donors (Lipinski definition) is 0. The van der Waals surface area contributed by atoms with Gasteiger partial charge in [0.05, 0.1) is 8.66 Å². The van der Waals surface area contributed by atoms with Crippen LogP contribution in [-0.4, -0.2) is 23.4 Å². The number of rotatable bonds is 1. The van der Waals surface area contributed by atoms with Crippen LogP contribution in [0.3, 0.4) is 0 Å². The average Bonchev–Trinajstić information content (AvgIpc) is 2.84. The highest BCUT2D eigenvalue weighted by molar-refractivity contribution is 9.11. The Balaban J connectivity index is 1.79. The summed E-state index contributed by atoms with van der Waals surface area (Å²) in [5, 5.41) is 0. The Labute approximate surface area is 120 Å². The van der Waals surface area contributed by atoms with Gasteiger partial charge < -0.3 is 4.90 Å². The zero-order valence-corrected chi connectivity index (χ0v) is 12.8. The van der Waals surface area contributed by atoms with Gasteiger partial charge in [-0.3, -0.25) is 4.79 Å². The normalized spacial score (nSPS) is 27.9. The van der Waals surface area contributed by atoms with E-state index in [0.717, 1.165) is 21.1 Å². The second-order valence-corrected chi connectivity index (χ2v) is 7.82. The standard InChI is InChI=1S/C14H18BrNOS/c15-13-8-7-12(18-13)14(17)16-9-3-5-10-4-1-2-6-11(10)16/h7-8,10-11H,1-6,9H2. The van der Waals surface area contributed by atoms with E-state index >= 15 is 0 Å². The molecule has 1 saturated heterocycles. The van der Waals surface area contributed by atoms with E-state index in [9.17, 15) is 4.79 Å². The molecule has 1 amide bonds. The van der Waals surface area contributed by atoms with E-state index < -0.39 is 0 Å². The predicted octanol–water partition coefficient (Wildman–Crippen LogP) is 4.31. The molecule has 2 nitrogen and oxygen atoms in total. The van der Waals surface area contributed by atoms with E-state index in [4.69, 9.17) is 0 Å². The molecule has 3 rings (SSSR count). The van der Waals surface area contributed by atoms with E-state index in [-0.39, 0.29) is 5.91 Å². The van der Waals surface area contributed by atoms with Crippen LogP contribution in [0.25, 0.3) is 0 Å². The molecule has 0 aromatic carbocycles. The number of halogens is 1. The van der Waals surface area contributed by atoms with Gasteiger partial charge in [-0.1, -0.05) is 12.8 Å². The van der Waals surface area contributed by atoms with Crippen LogP contribution in [0.5, 0.6) is 0 Å². The summed E-state index contributed by atoms with van der Waals surface area (Å²) < 4.78 is 1.04. The lowest BCUT2D eigenvalue weighted by Crippen LogP contribution is -2.49. The van der Waals surface area contributed by atoms with Gasteiger partial charge in [0.1, 0.15) is 0 Å². The molecule has 0 N–H and O–H groups in total. The Bertz CT molecular complexity index is 443. The first kappa shape index (κ1) is 12.7. The van der Waals surface area contributed by atoms with E-state index in [1.54, 1.807) is 11.3 Å². The third kappa shape index (κ3) is 2.37. The Hall–Kier alpha value is -0.350. The van der Waals surface area contributed by atoms with Gasteiger partial charge in [0, 0.05) is 12.6 Å². The first-order chi connectivity index (χ1) is 8.75. The van der Waals surface area contributed by atoms with Crippen LogP contribution in [0.2, 0.25) is 0 Å². The zero-order chi connectivity index (χ0) is 12.5. The van der Waals surface area contributed by atoms with Crippen molar-refractivity contribution in [2.24, 2.45) is 5.92 Å². The number of thiophene rings is 1. The highest BCUT2D eigenvalue weighted by Crippen LogP contribution is 2.36. The molecule has 4 heteroatoms. The Kier molecular flexibility index (Phi) is 3.76. The molecule has 0 radical (unpaired) electrons. The predicted molar refractivity (Wildman–Crippen MR) is 78.0 cm³/mol. The minimum absolute atomic E-state index is 0.252. The van der Waals surface area contributed by atoms with E-state index in [2.05, 4.69) is 20.8 Å². The lowest BCUT2D eigenvalue weighted by molar-refractivity contribution is 0.0395. The van der Waals surface area contributed by atoms with Crippen LogP contribution in [0.1, 0.15) is 48.2 Å². The van der Waals surface area contributed by atoms with Crippen molar-refractivity contribution in [2.75, 3.05) is 6.54 Å². The van der Waals surface area contributed by atoms with E-state index in [1.165, 1.54) is 38.5 Å². The summed E-state index contributed by atoms with van der Waals surface area (Å²) in [6.07, 6.45) is 7.68. The molecule has 1 aliphatic carbocycles. The minimum Gasteiger partial charge on any atom is -0.335 e. The quantitative estimate of drug-likeness (QED) is 0.752. The molecule has 2 fully saturated rings. The molecule has 1 aromatic rings. The topological polar surface area (TPSA) is 20.3 Å². The lowest BCUT2D eigenvalue weighted by Gasteiger charge is -2.44. The Morgan fingerprint density at radius 1 is 1.22 bits per heavy atom. The van der Waals surface area contributed by atoms with Gasteiger partial charge in [-0.05, 0) is 59.7 Å². The van der Waals surface area contributed by atoms with Gasteiger partial charge in [0.2, 0.25) is 0 Å². The summed E-state index contributed by atoms with van der Waals surface area (Å²) in [4.78, 5) is 15.6. The molecule has 1 aromatic heterocycles. The highest BCUT2D eigenvalue weighted by atomic mass is 79.9. The van der Waals surface area contributed by atoms with Gasteiger partial charge >= 0.3 is 0 Å². The van der Waals surface area contributed by atoms with Crippen molar-refractivity contribution in [2.45, 2.75) is 44.6 Å². The fourth-order valence-electron chi connectivity index (χ4n) is 3.45. The second kappa shape index (κ2) is 5.33. The number of carbonyl (C=O) groups excluding carboxylic acids is 1. The molecule has 2 unspecified atom stereocenters. The molecule has 2 heterocycles. The second-order valence-electron chi connectivity index (χ2n) is 5.36. The maximum absolute atomic E-state index is 12.6. The zero-order valence-electron chi connectivity index (χ0n) is 10.4. The van der Waals surface area contributed by atoms with Crippen LogP contribution in [-0.2, 0) is 0 Å². The smallest absolute Gasteiger partial charge is 0.264 e. The van der Waals surface area contributed by atoms with E-state index in [0.29, 0.717) is 6.04 Å². The molecule has 1 saturated carbocycles. The summed E-state index contributed by atoms with van der Waals surface area (Å²) in [5.41, 5.74) is 0. The van der Waals surface area contributed by atoms with Gasteiger partial charge in [0.25, 0.3) is 5.91 Å². The van der Waals surface area contributed by atoms with Gasteiger partial charge in [-0.15, -0.1) is 11.3 Å². The highest BCUT2D eigenvalue weighted by Gasteiger charge is 2.36. The maximum atomic E-state index is 12.6. The van der Waals surface area contributed by atoms with E-state index in [1.807, 2.05) is 12.1 Å². The van der Waals surface area contributed by atoms with Crippen LogP contribution >= 0.6 is 27.3 Å². The number of amides is 1. The summed E-state index contributed by atoms with van der Waals surface area (Å²) in [5.74, 6) is 1.02. The van der Waals surface area contributed by atoms with Gasteiger partial charge in [-0.25, -0.2) is 0 Å². The number of fused-ring (bicyclic) bond motifs is 1. The van der Waals surface area contributed by atoms with Gasteiger partial charge in [0.15, 0.2) is 0 Å². The number of hydrogen-bond acceptors (Lipinski definition) is 2. The van der Waals surface area contributed by atoms with Crippen molar-refractivity contribution in [3.8, 4) is 0 Å². The third-order valence-electron chi connectivity index (χ3n) is 4.29. The monoisotopic (exact) mass is 327 g/mol. The summed E-state index contributed by atoms with van der Waals surface area (Å²) >= 11 is 5.00. The fourth-order valence-corrected chi connectivity index (χ4v) is 4.79. The summed E-state index contributed by atoms with van der Waals surface area (Å²) in [7, 11) is 0. The molecule has 98 valence electrons. The van der Waals surface area contributed by atoms with Crippen molar-refractivity contribution >= 4 is 33.2 Å². The molecule has 1 aliphatic heterocycles. The largest absolute Gasteiger partial charge is 0.335 e. The number of nitrogens with zero attached hydrogens (tertiary/aromatic N) is 1.